The molecule has 0 radical (unpaired) electrons. The Hall–Kier alpha value is -2.78. The highest BCUT2D eigenvalue weighted by atomic mass is 16.7. The van der Waals surface area contributed by atoms with Gasteiger partial charge in [0.1, 0.15) is 24.0 Å². The van der Waals surface area contributed by atoms with Crippen LogP contribution in [0.5, 0.6) is 0 Å². The molecule has 3 fully saturated rings. The molecule has 7 unspecified atom stereocenters. The van der Waals surface area contributed by atoms with E-state index < -0.39 is 83.9 Å². The number of cyclic esters (lactones) is 1. The standard InChI is InChI=1S/C43H67NO12/c1-9-12-30-18-24(2)17-25(3)19-36(54-8)38(48)37-21-27(5)43(52,56-37)40(49)41(50)44-16-11-10-13-31(44)42(51)55-39(28(6)33(46)23-34(30)47)26(4)20-29-14-15-32(45)35(22-29)53-7/h9,18,20,25,27-33,35-39,45-46,48,52H,1,10-17,19,21-23H2,2-8H3/b24-18+,26-20+/t25?,27-,28?,29+,30?,31+,32-,33?,35-,36?,37?,38?,39-,43-/m1/s1. The summed E-state index contributed by atoms with van der Waals surface area (Å²) in [5.74, 6) is -7.99. The highest BCUT2D eigenvalue weighted by Crippen LogP contribution is 2.39. The number of carbonyl (C=O) groups excluding carboxylic acids is 4. The number of rotatable bonds is 6. The minimum Gasteiger partial charge on any atom is -0.456 e. The van der Waals surface area contributed by atoms with Crippen molar-refractivity contribution in [1.82, 2.24) is 4.90 Å². The smallest absolute Gasteiger partial charge is 0.329 e. The molecular weight excluding hydrogens is 722 g/mol. The van der Waals surface area contributed by atoms with Gasteiger partial charge in [0.25, 0.3) is 11.7 Å². The molecule has 14 atom stereocenters. The lowest BCUT2D eigenvalue weighted by atomic mass is 9.81. The SMILES string of the molecule is C=CCC1/C=C(\C)CC(C)CC(OC)C(O)C2C[C@@H](C)[C@@](O)(O2)C(=O)C(=O)N2CCCC[C@H]2C(=O)O[C@H](/C(C)=C/[C@@H]2CC[C@@H](O)[C@H](OC)C2)C(C)C(O)CC1=O. The van der Waals surface area contributed by atoms with Crippen LogP contribution in [0.4, 0.5) is 0 Å². The van der Waals surface area contributed by atoms with Crippen molar-refractivity contribution in [3.8, 4) is 0 Å². The number of esters is 1. The van der Waals surface area contributed by atoms with Gasteiger partial charge in [-0.15, -0.1) is 6.58 Å². The molecule has 1 aliphatic carbocycles. The summed E-state index contributed by atoms with van der Waals surface area (Å²) in [4.78, 5) is 57.1. The predicted molar refractivity (Wildman–Crippen MR) is 208 cm³/mol. The number of ether oxygens (including phenoxy) is 4. The molecule has 4 rings (SSSR count). The Balaban J connectivity index is 1.74. The number of allylic oxidation sites excluding steroid dienone is 4. The number of hydrogen-bond donors (Lipinski definition) is 4. The number of ketones is 2. The molecule has 316 valence electrons. The average Bonchev–Trinajstić information content (AvgIpc) is 3.48. The lowest BCUT2D eigenvalue weighted by Gasteiger charge is -2.38. The van der Waals surface area contributed by atoms with Crippen LogP contribution in [-0.2, 0) is 38.1 Å². The summed E-state index contributed by atoms with van der Waals surface area (Å²) in [7, 11) is 3.02. The molecule has 0 spiro atoms. The van der Waals surface area contributed by atoms with Crippen molar-refractivity contribution in [2.24, 2.45) is 29.6 Å². The molecule has 3 aliphatic heterocycles. The van der Waals surface area contributed by atoms with Crippen molar-refractivity contribution in [3.05, 3.63) is 36.0 Å². The number of piperidine rings is 1. The quantitative estimate of drug-likeness (QED) is 0.172. The van der Waals surface area contributed by atoms with Crippen LogP contribution in [0.25, 0.3) is 0 Å². The van der Waals surface area contributed by atoms with Crippen LogP contribution < -0.4 is 0 Å². The second kappa shape index (κ2) is 20.3. The Morgan fingerprint density at radius 1 is 0.964 bits per heavy atom. The summed E-state index contributed by atoms with van der Waals surface area (Å²) in [5, 5.41) is 45.1. The Morgan fingerprint density at radius 2 is 1.66 bits per heavy atom. The first-order valence-electron chi connectivity index (χ1n) is 20.5. The average molecular weight is 790 g/mol. The third kappa shape index (κ3) is 10.8. The minimum atomic E-state index is -2.53. The Kier molecular flexibility index (Phi) is 16.6. The maximum Gasteiger partial charge on any atom is 0.329 e. The first-order valence-corrected chi connectivity index (χ1v) is 20.5. The van der Waals surface area contributed by atoms with Crippen LogP contribution in [0.15, 0.2) is 36.0 Å². The number of methoxy groups -OCH3 is 2. The second-order valence-electron chi connectivity index (χ2n) is 17.1. The number of Topliss-reactive ketones (excluding diaryl/α,β-unsaturated/α-hetero) is 2. The zero-order valence-electron chi connectivity index (χ0n) is 34.4. The third-order valence-electron chi connectivity index (χ3n) is 12.6. The normalized spacial score (nSPS) is 41.5. The number of aliphatic hydroxyl groups is 4. The van der Waals surface area contributed by atoms with Gasteiger partial charge in [-0.3, -0.25) is 14.4 Å². The molecule has 0 aromatic carbocycles. The third-order valence-corrected chi connectivity index (χ3v) is 12.6. The van der Waals surface area contributed by atoms with E-state index >= 15 is 0 Å². The van der Waals surface area contributed by atoms with Crippen LogP contribution in [0.3, 0.4) is 0 Å². The number of fused-ring (bicyclic) bond motifs is 3. The molecule has 1 saturated carbocycles. The zero-order valence-corrected chi connectivity index (χ0v) is 34.4. The van der Waals surface area contributed by atoms with Gasteiger partial charge in [-0.1, -0.05) is 44.6 Å². The molecule has 3 heterocycles. The van der Waals surface area contributed by atoms with Crippen molar-refractivity contribution in [2.45, 2.75) is 160 Å². The molecule has 4 aliphatic rings. The highest BCUT2D eigenvalue weighted by Gasteiger charge is 2.57. The fraction of sp³-hybridized carbons (Fsp3) is 0.767. The van der Waals surface area contributed by atoms with E-state index in [-0.39, 0.29) is 49.5 Å². The summed E-state index contributed by atoms with van der Waals surface area (Å²) in [6.45, 7) is 12.9. The monoisotopic (exact) mass is 789 g/mol. The number of hydrogen-bond acceptors (Lipinski definition) is 12. The van der Waals surface area contributed by atoms with Crippen molar-refractivity contribution < 1.29 is 58.6 Å². The van der Waals surface area contributed by atoms with Crippen molar-refractivity contribution in [2.75, 3.05) is 20.8 Å². The largest absolute Gasteiger partial charge is 0.456 e. The maximum absolute atomic E-state index is 14.2. The van der Waals surface area contributed by atoms with Gasteiger partial charge in [-0.2, -0.15) is 0 Å². The highest BCUT2D eigenvalue weighted by molar-refractivity contribution is 6.39. The van der Waals surface area contributed by atoms with Crippen LogP contribution in [0.2, 0.25) is 0 Å². The number of aliphatic hydroxyl groups excluding tert-OH is 3. The van der Waals surface area contributed by atoms with Gasteiger partial charge < -0.3 is 44.3 Å². The second-order valence-corrected chi connectivity index (χ2v) is 17.1. The molecule has 13 nitrogen and oxygen atoms in total. The Labute approximate surface area is 332 Å². The summed E-state index contributed by atoms with van der Waals surface area (Å²) in [6, 6.07) is -1.16. The first-order chi connectivity index (χ1) is 26.4. The van der Waals surface area contributed by atoms with Crippen molar-refractivity contribution in [1.29, 1.82) is 0 Å². The lowest BCUT2D eigenvalue weighted by molar-refractivity contribution is -0.225. The summed E-state index contributed by atoms with van der Waals surface area (Å²) in [5.41, 5.74) is 1.58. The lowest BCUT2D eigenvalue weighted by Crippen LogP contribution is -2.57. The van der Waals surface area contributed by atoms with Crippen molar-refractivity contribution >= 4 is 23.4 Å². The van der Waals surface area contributed by atoms with E-state index in [0.717, 1.165) is 10.5 Å². The summed E-state index contributed by atoms with van der Waals surface area (Å²) < 4.78 is 23.3. The maximum atomic E-state index is 14.2. The van der Waals surface area contributed by atoms with Crippen LogP contribution >= 0.6 is 0 Å². The van der Waals surface area contributed by atoms with Crippen LogP contribution in [0, 0.1) is 29.6 Å². The Bertz CT molecular complexity index is 1460. The molecule has 0 aromatic heterocycles. The van der Waals surface area contributed by atoms with E-state index in [1.165, 1.54) is 7.11 Å². The van der Waals surface area contributed by atoms with E-state index in [1.807, 2.05) is 26.0 Å². The molecule has 0 aromatic rings. The van der Waals surface area contributed by atoms with E-state index in [1.54, 1.807) is 34.0 Å². The van der Waals surface area contributed by atoms with Gasteiger partial charge in [-0.25, -0.2) is 4.79 Å². The van der Waals surface area contributed by atoms with Crippen LogP contribution in [-0.4, -0.2) is 124 Å². The van der Waals surface area contributed by atoms with Gasteiger partial charge in [0, 0.05) is 44.9 Å². The fourth-order valence-corrected chi connectivity index (χ4v) is 9.20. The number of amides is 1. The molecule has 4 N–H and O–H groups in total. The molecule has 56 heavy (non-hydrogen) atoms. The van der Waals surface area contributed by atoms with E-state index in [2.05, 4.69) is 6.58 Å². The molecule has 2 bridgehead atoms. The van der Waals surface area contributed by atoms with Crippen LogP contribution in [0.1, 0.15) is 105 Å². The predicted octanol–water partition coefficient (Wildman–Crippen LogP) is 3.98. The van der Waals surface area contributed by atoms with E-state index in [0.29, 0.717) is 56.9 Å². The number of carbonyl (C=O) groups is 4. The molecule has 13 heteroatoms. The number of nitrogens with zero attached hydrogens (tertiary/aromatic N) is 1. The van der Waals surface area contributed by atoms with Gasteiger partial charge in [0.2, 0.25) is 5.79 Å². The Morgan fingerprint density at radius 3 is 2.32 bits per heavy atom. The van der Waals surface area contributed by atoms with E-state index in [9.17, 15) is 39.6 Å². The van der Waals surface area contributed by atoms with Gasteiger partial charge >= 0.3 is 5.97 Å². The molecule has 2 saturated heterocycles. The van der Waals surface area contributed by atoms with Gasteiger partial charge in [-0.05, 0) is 95.5 Å². The minimum absolute atomic E-state index is 0.0115. The molecule has 1 amide bonds. The molecular formula is C43H67NO12. The summed E-state index contributed by atoms with van der Waals surface area (Å²) in [6.07, 6.45) is 3.66. The summed E-state index contributed by atoms with van der Waals surface area (Å²) >= 11 is 0. The topological polar surface area (TPSA) is 189 Å². The fourth-order valence-electron chi connectivity index (χ4n) is 9.20. The van der Waals surface area contributed by atoms with E-state index in [4.69, 9.17) is 18.9 Å². The van der Waals surface area contributed by atoms with Gasteiger partial charge in [0.05, 0.1) is 30.5 Å². The van der Waals surface area contributed by atoms with Gasteiger partial charge in [0.15, 0.2) is 0 Å². The zero-order chi connectivity index (χ0) is 41.5. The van der Waals surface area contributed by atoms with Crippen molar-refractivity contribution in [3.63, 3.8) is 0 Å². The first kappa shape index (κ1) is 45.9.